The first-order valence-electron chi connectivity index (χ1n) is 7.96. The van der Waals surface area contributed by atoms with Crippen LogP contribution in [0.1, 0.15) is 12.0 Å². The van der Waals surface area contributed by atoms with E-state index >= 15 is 0 Å². The molecule has 0 fully saturated rings. The highest BCUT2D eigenvalue weighted by Crippen LogP contribution is 2.32. The van der Waals surface area contributed by atoms with E-state index in [4.69, 9.17) is 9.47 Å². The van der Waals surface area contributed by atoms with Crippen LogP contribution in [0.2, 0.25) is 0 Å². The Morgan fingerprint density at radius 2 is 1.92 bits per heavy atom. The van der Waals surface area contributed by atoms with Crippen molar-refractivity contribution in [3.05, 3.63) is 52.3 Å². The topological polar surface area (TPSA) is 54.9 Å². The zero-order chi connectivity index (χ0) is 17.6. The number of ether oxygens (including phenoxy) is 2. The number of hydrogen-bond acceptors (Lipinski definition) is 3. The van der Waals surface area contributed by atoms with E-state index in [1.54, 1.807) is 7.05 Å². The lowest BCUT2D eigenvalue weighted by atomic mass is 10.2. The van der Waals surface area contributed by atoms with Gasteiger partial charge in [-0.1, -0.05) is 15.9 Å². The van der Waals surface area contributed by atoms with Crippen LogP contribution in [0.15, 0.2) is 45.9 Å². The van der Waals surface area contributed by atoms with Crippen molar-refractivity contribution >= 4 is 51.6 Å². The van der Waals surface area contributed by atoms with Crippen molar-refractivity contribution in [2.45, 2.75) is 13.0 Å². The highest BCUT2D eigenvalue weighted by atomic mass is 127. The van der Waals surface area contributed by atoms with E-state index < -0.39 is 0 Å². The van der Waals surface area contributed by atoms with Crippen LogP contribution in [0, 0.1) is 5.82 Å². The molecule has 140 valence electrons. The van der Waals surface area contributed by atoms with Gasteiger partial charge in [-0.2, -0.15) is 0 Å². The largest absolute Gasteiger partial charge is 0.490 e. The zero-order valence-electron chi connectivity index (χ0n) is 14.2. The fraction of sp³-hybridized carbons (Fsp3) is 0.278. The fourth-order valence-corrected chi connectivity index (χ4v) is 2.97. The summed E-state index contributed by atoms with van der Waals surface area (Å²) in [6, 6.07) is 10.4. The Kier molecular flexibility index (Phi) is 7.95. The van der Waals surface area contributed by atoms with Gasteiger partial charge in [-0.25, -0.2) is 4.39 Å². The van der Waals surface area contributed by atoms with E-state index in [1.807, 2.05) is 24.3 Å². The van der Waals surface area contributed by atoms with Crippen LogP contribution in [0.3, 0.4) is 0 Å². The maximum Gasteiger partial charge on any atom is 0.195 e. The summed E-state index contributed by atoms with van der Waals surface area (Å²) in [6.07, 6.45) is 0.865. The van der Waals surface area contributed by atoms with Crippen molar-refractivity contribution in [2.75, 3.05) is 25.6 Å². The molecule has 0 spiro atoms. The molecule has 0 saturated heterocycles. The van der Waals surface area contributed by atoms with Crippen molar-refractivity contribution in [2.24, 2.45) is 4.99 Å². The maximum absolute atomic E-state index is 13.4. The Morgan fingerprint density at radius 1 is 1.15 bits per heavy atom. The predicted octanol–water partition coefficient (Wildman–Crippen LogP) is 4.56. The molecule has 8 heteroatoms. The molecule has 0 aliphatic carbocycles. The first-order chi connectivity index (χ1) is 12.1. The van der Waals surface area contributed by atoms with Gasteiger partial charge < -0.3 is 20.1 Å². The Balaban J connectivity index is 0.00000243. The number of fused-ring (bicyclic) bond motifs is 1. The highest BCUT2D eigenvalue weighted by molar-refractivity contribution is 14.0. The number of nitrogens with one attached hydrogen (secondary N) is 2. The predicted molar refractivity (Wildman–Crippen MR) is 115 cm³/mol. The molecule has 1 aliphatic rings. The van der Waals surface area contributed by atoms with Crippen molar-refractivity contribution in [1.29, 1.82) is 0 Å². The van der Waals surface area contributed by atoms with Crippen LogP contribution in [0.25, 0.3) is 0 Å². The molecule has 0 unspecified atom stereocenters. The number of rotatable bonds is 3. The third-order valence-corrected chi connectivity index (χ3v) is 4.07. The standard InChI is InChI=1S/C18H19BrFN3O2.HI/c1-21-18(22-11-12-7-13(19)9-14(20)8-12)23-15-3-4-16-17(10-15)25-6-2-5-24-16;/h3-4,7-10H,2,5-6,11H2,1H3,(H2,21,22,23);1H. The maximum atomic E-state index is 13.4. The van der Waals surface area contributed by atoms with E-state index in [-0.39, 0.29) is 29.8 Å². The van der Waals surface area contributed by atoms with E-state index in [0.717, 1.165) is 23.4 Å². The number of guanidine groups is 1. The molecule has 2 aromatic carbocycles. The summed E-state index contributed by atoms with van der Waals surface area (Å²) >= 11 is 3.29. The fourth-order valence-electron chi connectivity index (χ4n) is 2.46. The summed E-state index contributed by atoms with van der Waals surface area (Å²) in [7, 11) is 1.68. The second-order valence-corrected chi connectivity index (χ2v) is 6.46. The molecule has 2 N–H and O–H groups in total. The van der Waals surface area contributed by atoms with Crippen LogP contribution in [-0.2, 0) is 6.54 Å². The van der Waals surface area contributed by atoms with E-state index in [2.05, 4.69) is 31.6 Å². The second kappa shape index (κ2) is 9.96. The molecule has 0 aromatic heterocycles. The molecule has 0 amide bonds. The molecule has 5 nitrogen and oxygen atoms in total. The molecule has 0 saturated carbocycles. The van der Waals surface area contributed by atoms with Gasteiger partial charge in [0.05, 0.1) is 13.2 Å². The summed E-state index contributed by atoms with van der Waals surface area (Å²) in [5.41, 5.74) is 1.64. The lowest BCUT2D eigenvalue weighted by Gasteiger charge is -2.14. The second-order valence-electron chi connectivity index (χ2n) is 5.54. The van der Waals surface area contributed by atoms with Gasteiger partial charge in [0.25, 0.3) is 0 Å². The minimum absolute atomic E-state index is 0. The van der Waals surface area contributed by atoms with Gasteiger partial charge in [-0.3, -0.25) is 4.99 Å². The van der Waals surface area contributed by atoms with Crippen LogP contribution in [0.4, 0.5) is 10.1 Å². The van der Waals surface area contributed by atoms with Crippen molar-refractivity contribution < 1.29 is 13.9 Å². The first-order valence-corrected chi connectivity index (χ1v) is 8.75. The summed E-state index contributed by atoms with van der Waals surface area (Å²) in [4.78, 5) is 4.19. The van der Waals surface area contributed by atoms with E-state index in [1.165, 1.54) is 12.1 Å². The van der Waals surface area contributed by atoms with Crippen molar-refractivity contribution in [3.63, 3.8) is 0 Å². The van der Waals surface area contributed by atoms with Crippen LogP contribution in [-0.4, -0.2) is 26.2 Å². The van der Waals surface area contributed by atoms with Crippen LogP contribution >= 0.6 is 39.9 Å². The van der Waals surface area contributed by atoms with Crippen molar-refractivity contribution in [1.82, 2.24) is 5.32 Å². The number of benzene rings is 2. The molecule has 0 radical (unpaired) electrons. The van der Waals surface area contributed by atoms with Gasteiger partial charge in [0.1, 0.15) is 5.82 Å². The number of anilines is 1. The highest BCUT2D eigenvalue weighted by Gasteiger charge is 2.11. The minimum Gasteiger partial charge on any atom is -0.490 e. The van der Waals surface area contributed by atoms with Crippen LogP contribution < -0.4 is 20.1 Å². The van der Waals surface area contributed by atoms with Gasteiger partial charge in [0.15, 0.2) is 17.5 Å². The molecular weight excluding hydrogens is 516 g/mol. The number of halogens is 3. The molecule has 26 heavy (non-hydrogen) atoms. The van der Waals surface area contributed by atoms with Gasteiger partial charge >= 0.3 is 0 Å². The summed E-state index contributed by atoms with van der Waals surface area (Å²) in [5.74, 6) is 1.76. The molecule has 2 aromatic rings. The molecule has 0 atom stereocenters. The molecule has 3 rings (SSSR count). The Morgan fingerprint density at radius 3 is 2.65 bits per heavy atom. The van der Waals surface area contributed by atoms with Gasteiger partial charge in [-0.05, 0) is 35.9 Å². The molecular formula is C18H20BrFIN3O2. The smallest absolute Gasteiger partial charge is 0.195 e. The van der Waals surface area contributed by atoms with E-state index in [0.29, 0.717) is 35.9 Å². The molecule has 1 heterocycles. The SMILES string of the molecule is CN=C(NCc1cc(F)cc(Br)c1)Nc1ccc2c(c1)OCCCO2.I. The quantitative estimate of drug-likeness (QED) is 0.344. The average Bonchev–Trinajstić information content (AvgIpc) is 2.82. The Labute approximate surface area is 177 Å². The zero-order valence-corrected chi connectivity index (χ0v) is 18.1. The summed E-state index contributed by atoms with van der Waals surface area (Å²) in [6.45, 7) is 1.74. The van der Waals surface area contributed by atoms with Crippen molar-refractivity contribution in [3.8, 4) is 11.5 Å². The number of aliphatic imine (C=N–C) groups is 1. The third kappa shape index (κ3) is 5.73. The summed E-state index contributed by atoms with van der Waals surface area (Å²) in [5, 5.41) is 6.36. The van der Waals surface area contributed by atoms with Crippen LogP contribution in [0.5, 0.6) is 11.5 Å². The normalized spacial score (nSPS) is 13.4. The first kappa shape index (κ1) is 20.8. The van der Waals surface area contributed by atoms with Gasteiger partial charge in [-0.15, -0.1) is 24.0 Å². The molecule has 0 bridgehead atoms. The lowest BCUT2D eigenvalue weighted by molar-refractivity contribution is 0.297. The third-order valence-electron chi connectivity index (χ3n) is 3.62. The van der Waals surface area contributed by atoms with Gasteiger partial charge in [0.2, 0.25) is 0 Å². The van der Waals surface area contributed by atoms with Gasteiger partial charge in [0, 0.05) is 36.2 Å². The average molecular weight is 536 g/mol. The Bertz CT molecular complexity index is 769. The lowest BCUT2D eigenvalue weighted by Crippen LogP contribution is -2.30. The van der Waals surface area contributed by atoms with E-state index in [9.17, 15) is 4.39 Å². The monoisotopic (exact) mass is 535 g/mol. The molecule has 1 aliphatic heterocycles. The number of hydrogen-bond donors (Lipinski definition) is 2. The number of nitrogens with zero attached hydrogens (tertiary/aromatic N) is 1. The Hall–Kier alpha value is -1.55. The minimum atomic E-state index is -0.281. The summed E-state index contributed by atoms with van der Waals surface area (Å²) < 4.78 is 25.5.